The minimum Gasteiger partial charge on any atom is -0.493 e. The van der Waals surface area contributed by atoms with Gasteiger partial charge < -0.3 is 9.47 Å². The summed E-state index contributed by atoms with van der Waals surface area (Å²) < 4.78 is 10.8. The van der Waals surface area contributed by atoms with E-state index in [1.807, 2.05) is 30.4 Å². The number of ether oxygens (including phenoxy) is 2. The average molecular weight is 241 g/mol. The molecule has 0 unspecified atom stereocenters. The van der Waals surface area contributed by atoms with E-state index in [0.29, 0.717) is 12.5 Å². The largest absolute Gasteiger partial charge is 0.493 e. The average Bonchev–Trinajstić information content (AvgIpc) is 2.34. The third kappa shape index (κ3) is 3.78. The van der Waals surface area contributed by atoms with Gasteiger partial charge in [0.25, 0.3) is 0 Å². The fourth-order valence-electron chi connectivity index (χ4n) is 1.32. The first-order valence-corrected chi connectivity index (χ1v) is 5.86. The molecule has 1 aromatic rings. The smallest absolute Gasteiger partial charge is 0.161 e. The summed E-state index contributed by atoms with van der Waals surface area (Å²) in [6, 6.07) is 5.98. The van der Waals surface area contributed by atoms with Crippen molar-refractivity contribution in [3.05, 3.63) is 35.9 Å². The SMILES string of the molecule is CCc1ccc(OC/C=C/CCl)c(OC)c1. The van der Waals surface area contributed by atoms with Crippen molar-refractivity contribution < 1.29 is 9.47 Å². The molecular formula is C13H17ClO2. The summed E-state index contributed by atoms with van der Waals surface area (Å²) >= 11 is 5.51. The zero-order chi connectivity index (χ0) is 11.8. The monoisotopic (exact) mass is 240 g/mol. The van der Waals surface area contributed by atoms with Gasteiger partial charge in [-0.1, -0.05) is 25.1 Å². The van der Waals surface area contributed by atoms with E-state index in [-0.39, 0.29) is 0 Å². The summed E-state index contributed by atoms with van der Waals surface area (Å²) in [5.41, 5.74) is 1.24. The highest BCUT2D eigenvalue weighted by atomic mass is 35.5. The number of alkyl halides is 1. The number of benzene rings is 1. The molecule has 0 bridgehead atoms. The molecule has 0 aliphatic rings. The van der Waals surface area contributed by atoms with Gasteiger partial charge in [0.2, 0.25) is 0 Å². The second-order valence-electron chi connectivity index (χ2n) is 3.28. The van der Waals surface area contributed by atoms with Crippen molar-refractivity contribution in [3.63, 3.8) is 0 Å². The summed E-state index contributed by atoms with van der Waals surface area (Å²) in [5, 5.41) is 0. The number of allylic oxidation sites excluding steroid dienone is 1. The highest BCUT2D eigenvalue weighted by Gasteiger charge is 2.03. The third-order valence-corrected chi connectivity index (χ3v) is 2.41. The van der Waals surface area contributed by atoms with Crippen LogP contribution in [0, 0.1) is 0 Å². The van der Waals surface area contributed by atoms with Crippen molar-refractivity contribution in [2.24, 2.45) is 0 Å². The molecular weight excluding hydrogens is 224 g/mol. The Morgan fingerprint density at radius 3 is 2.69 bits per heavy atom. The lowest BCUT2D eigenvalue weighted by Crippen LogP contribution is -1.97. The van der Waals surface area contributed by atoms with E-state index in [9.17, 15) is 0 Å². The standard InChI is InChI=1S/C13H17ClO2/c1-3-11-6-7-12(13(10-11)15-2)16-9-5-4-8-14/h4-7,10H,3,8-9H2,1-2H3/b5-4+. The Bertz CT molecular complexity index is 348. The number of hydrogen-bond donors (Lipinski definition) is 0. The number of rotatable bonds is 6. The van der Waals surface area contributed by atoms with Gasteiger partial charge in [0, 0.05) is 5.88 Å². The fourth-order valence-corrected chi connectivity index (χ4v) is 1.45. The summed E-state index contributed by atoms with van der Waals surface area (Å²) in [6.07, 6.45) is 4.73. The summed E-state index contributed by atoms with van der Waals surface area (Å²) in [5.74, 6) is 2.05. The van der Waals surface area contributed by atoms with Crippen molar-refractivity contribution >= 4 is 11.6 Å². The Labute approximate surface area is 102 Å². The van der Waals surface area contributed by atoms with Gasteiger partial charge in [-0.15, -0.1) is 11.6 Å². The Morgan fingerprint density at radius 2 is 2.06 bits per heavy atom. The van der Waals surface area contributed by atoms with E-state index in [0.717, 1.165) is 17.9 Å². The van der Waals surface area contributed by atoms with Gasteiger partial charge in [0.1, 0.15) is 6.61 Å². The van der Waals surface area contributed by atoms with Crippen LogP contribution in [0.3, 0.4) is 0 Å². The van der Waals surface area contributed by atoms with Gasteiger partial charge in [-0.3, -0.25) is 0 Å². The van der Waals surface area contributed by atoms with Crippen LogP contribution in [0.2, 0.25) is 0 Å². The van der Waals surface area contributed by atoms with Gasteiger partial charge in [-0.2, -0.15) is 0 Å². The lowest BCUT2D eigenvalue weighted by Gasteiger charge is -2.10. The number of halogens is 1. The molecule has 0 fully saturated rings. The normalized spacial score (nSPS) is 10.7. The summed E-state index contributed by atoms with van der Waals surface area (Å²) in [4.78, 5) is 0. The maximum atomic E-state index is 5.56. The van der Waals surface area contributed by atoms with Crippen LogP contribution in [0.1, 0.15) is 12.5 Å². The van der Waals surface area contributed by atoms with Gasteiger partial charge in [0.05, 0.1) is 7.11 Å². The van der Waals surface area contributed by atoms with Crippen molar-refractivity contribution in [1.82, 2.24) is 0 Å². The summed E-state index contributed by atoms with van der Waals surface area (Å²) in [7, 11) is 1.65. The molecule has 3 heteroatoms. The van der Waals surface area contributed by atoms with E-state index < -0.39 is 0 Å². The number of aryl methyl sites for hydroxylation is 1. The van der Waals surface area contributed by atoms with Crippen molar-refractivity contribution in [3.8, 4) is 11.5 Å². The van der Waals surface area contributed by atoms with Gasteiger partial charge in [0.15, 0.2) is 11.5 Å². The Hall–Kier alpha value is -1.15. The lowest BCUT2D eigenvalue weighted by molar-refractivity contribution is 0.326. The molecule has 0 aliphatic heterocycles. The van der Waals surface area contributed by atoms with Gasteiger partial charge in [-0.05, 0) is 24.1 Å². The third-order valence-electron chi connectivity index (χ3n) is 2.23. The molecule has 0 aromatic heterocycles. The van der Waals surface area contributed by atoms with E-state index in [1.165, 1.54) is 5.56 Å². The zero-order valence-corrected chi connectivity index (χ0v) is 10.5. The summed E-state index contributed by atoms with van der Waals surface area (Å²) in [6.45, 7) is 2.62. The molecule has 16 heavy (non-hydrogen) atoms. The molecule has 1 rings (SSSR count). The molecule has 0 aliphatic carbocycles. The molecule has 0 amide bonds. The molecule has 0 heterocycles. The van der Waals surface area contributed by atoms with Gasteiger partial charge >= 0.3 is 0 Å². The molecule has 0 saturated heterocycles. The first-order valence-electron chi connectivity index (χ1n) is 5.32. The van der Waals surface area contributed by atoms with E-state index in [1.54, 1.807) is 7.11 Å². The number of hydrogen-bond acceptors (Lipinski definition) is 2. The maximum Gasteiger partial charge on any atom is 0.161 e. The second-order valence-corrected chi connectivity index (χ2v) is 3.58. The second kappa shape index (κ2) is 7.18. The molecule has 0 spiro atoms. The molecule has 88 valence electrons. The van der Waals surface area contributed by atoms with E-state index in [2.05, 4.69) is 6.92 Å². The molecule has 0 radical (unpaired) electrons. The van der Waals surface area contributed by atoms with Crippen LogP contribution in [0.15, 0.2) is 30.4 Å². The minimum atomic E-state index is 0.508. The molecule has 0 saturated carbocycles. The van der Waals surface area contributed by atoms with Crippen molar-refractivity contribution in [2.45, 2.75) is 13.3 Å². The zero-order valence-electron chi connectivity index (χ0n) is 9.70. The van der Waals surface area contributed by atoms with Crippen LogP contribution in [0.4, 0.5) is 0 Å². The van der Waals surface area contributed by atoms with Crippen LogP contribution < -0.4 is 9.47 Å². The molecule has 0 N–H and O–H groups in total. The molecule has 1 aromatic carbocycles. The predicted molar refractivity (Wildman–Crippen MR) is 67.7 cm³/mol. The number of methoxy groups -OCH3 is 1. The highest BCUT2D eigenvalue weighted by molar-refractivity contribution is 6.18. The van der Waals surface area contributed by atoms with Crippen LogP contribution in [-0.4, -0.2) is 19.6 Å². The fraction of sp³-hybridized carbons (Fsp3) is 0.385. The topological polar surface area (TPSA) is 18.5 Å². The van der Waals surface area contributed by atoms with Crippen molar-refractivity contribution in [1.29, 1.82) is 0 Å². The van der Waals surface area contributed by atoms with E-state index in [4.69, 9.17) is 21.1 Å². The van der Waals surface area contributed by atoms with Crippen LogP contribution in [0.25, 0.3) is 0 Å². The molecule has 0 atom stereocenters. The van der Waals surface area contributed by atoms with Crippen LogP contribution >= 0.6 is 11.6 Å². The molecule has 2 nitrogen and oxygen atoms in total. The Balaban J connectivity index is 2.68. The Kier molecular flexibility index (Phi) is 5.79. The first kappa shape index (κ1) is 12.9. The van der Waals surface area contributed by atoms with Crippen LogP contribution in [-0.2, 0) is 6.42 Å². The highest BCUT2D eigenvalue weighted by Crippen LogP contribution is 2.28. The maximum absolute atomic E-state index is 5.56. The Morgan fingerprint density at radius 1 is 1.25 bits per heavy atom. The van der Waals surface area contributed by atoms with Crippen molar-refractivity contribution in [2.75, 3.05) is 19.6 Å². The van der Waals surface area contributed by atoms with E-state index >= 15 is 0 Å². The quantitative estimate of drug-likeness (QED) is 0.560. The van der Waals surface area contributed by atoms with Crippen LogP contribution in [0.5, 0.6) is 11.5 Å². The van der Waals surface area contributed by atoms with Gasteiger partial charge in [-0.25, -0.2) is 0 Å². The first-order chi connectivity index (χ1) is 7.81. The minimum absolute atomic E-state index is 0.508. The predicted octanol–water partition coefficient (Wildman–Crippen LogP) is 3.43. The lowest BCUT2D eigenvalue weighted by atomic mass is 10.1.